The van der Waals surface area contributed by atoms with Crippen LogP contribution >= 0.6 is 23.4 Å². The number of aliphatic carboxylic acids is 1. The fourth-order valence-corrected chi connectivity index (χ4v) is 3.81. The van der Waals surface area contributed by atoms with Gasteiger partial charge in [-0.15, -0.1) is 0 Å². The number of carbonyl (C=O) groups excluding carboxylic acids is 2. The molecule has 2 amide bonds. The summed E-state index contributed by atoms with van der Waals surface area (Å²) >= 11 is 6.62. The van der Waals surface area contributed by atoms with Crippen LogP contribution in [0.5, 0.6) is 0 Å². The lowest BCUT2D eigenvalue weighted by Gasteiger charge is -2.11. The van der Waals surface area contributed by atoms with Gasteiger partial charge in [0.1, 0.15) is 17.3 Å². The molecule has 0 saturated carbocycles. The summed E-state index contributed by atoms with van der Waals surface area (Å²) in [6.07, 6.45) is 3.24. The van der Waals surface area contributed by atoms with Gasteiger partial charge in [0.25, 0.3) is 11.1 Å². The zero-order valence-corrected chi connectivity index (χ0v) is 16.8. The first-order chi connectivity index (χ1) is 13.8. The van der Waals surface area contributed by atoms with Gasteiger partial charge >= 0.3 is 5.97 Å². The summed E-state index contributed by atoms with van der Waals surface area (Å²) in [5, 5.41) is 8.23. The van der Waals surface area contributed by atoms with Crippen LogP contribution in [-0.4, -0.2) is 33.7 Å². The van der Waals surface area contributed by atoms with Crippen molar-refractivity contribution in [1.29, 1.82) is 0 Å². The Hall–Kier alpha value is -2.58. The van der Waals surface area contributed by atoms with Gasteiger partial charge in [0.2, 0.25) is 0 Å². The molecule has 1 aromatic carbocycles. The third kappa shape index (κ3) is 5.27. The number of imide groups is 1. The normalized spacial score (nSPS) is 15.5. The van der Waals surface area contributed by atoms with Crippen LogP contribution in [0.1, 0.15) is 31.4 Å². The topological polar surface area (TPSA) is 87.8 Å². The Morgan fingerprint density at radius 3 is 2.72 bits per heavy atom. The highest BCUT2D eigenvalue weighted by Gasteiger charge is 2.34. The molecule has 9 heteroatoms. The third-order valence-corrected chi connectivity index (χ3v) is 5.45. The summed E-state index contributed by atoms with van der Waals surface area (Å²) in [4.78, 5) is 36.5. The predicted molar refractivity (Wildman–Crippen MR) is 108 cm³/mol. The standard InChI is InChI=1S/C20H17ClFNO5S/c21-14-10-12(5-7-15(14)22)16-8-6-13(28-16)11-17-19(26)23(20(27)29-17)9-3-1-2-4-18(24)25/h5-8,10-11H,1-4,9H2,(H,24,25)/b17-11-. The molecule has 0 radical (unpaired) electrons. The number of furan rings is 1. The summed E-state index contributed by atoms with van der Waals surface area (Å²) in [5.41, 5.74) is 0.588. The number of benzene rings is 1. The zero-order chi connectivity index (χ0) is 21.0. The molecule has 1 N–H and O–H groups in total. The number of carbonyl (C=O) groups is 3. The van der Waals surface area contributed by atoms with Gasteiger partial charge in [-0.2, -0.15) is 0 Å². The van der Waals surface area contributed by atoms with E-state index in [4.69, 9.17) is 21.1 Å². The van der Waals surface area contributed by atoms with Crippen LogP contribution < -0.4 is 0 Å². The summed E-state index contributed by atoms with van der Waals surface area (Å²) in [6, 6.07) is 7.52. The van der Waals surface area contributed by atoms with Crippen molar-refractivity contribution in [1.82, 2.24) is 4.90 Å². The first-order valence-corrected chi connectivity index (χ1v) is 10.1. The Morgan fingerprint density at radius 1 is 1.21 bits per heavy atom. The maximum absolute atomic E-state index is 13.3. The summed E-state index contributed by atoms with van der Waals surface area (Å²) in [5.74, 6) is -0.956. The molecule has 1 aliphatic rings. The van der Waals surface area contributed by atoms with Crippen molar-refractivity contribution >= 4 is 46.6 Å². The largest absolute Gasteiger partial charge is 0.481 e. The second kappa shape index (κ2) is 9.28. The van der Waals surface area contributed by atoms with Crippen LogP contribution in [0.15, 0.2) is 39.7 Å². The summed E-state index contributed by atoms with van der Waals surface area (Å²) in [7, 11) is 0. The summed E-state index contributed by atoms with van der Waals surface area (Å²) < 4.78 is 19.0. The molecule has 1 saturated heterocycles. The van der Waals surface area contributed by atoms with Crippen LogP contribution in [-0.2, 0) is 9.59 Å². The fourth-order valence-electron chi connectivity index (χ4n) is 2.78. The van der Waals surface area contributed by atoms with Gasteiger partial charge < -0.3 is 9.52 Å². The smallest absolute Gasteiger partial charge is 0.303 e. The monoisotopic (exact) mass is 437 g/mol. The van der Waals surface area contributed by atoms with E-state index in [1.165, 1.54) is 24.3 Å². The van der Waals surface area contributed by atoms with E-state index in [9.17, 15) is 18.8 Å². The van der Waals surface area contributed by atoms with E-state index in [1.807, 2.05) is 0 Å². The number of carboxylic acids is 1. The minimum Gasteiger partial charge on any atom is -0.481 e. The van der Waals surface area contributed by atoms with Gasteiger partial charge in [0, 0.05) is 24.6 Å². The predicted octanol–water partition coefficient (Wildman–Crippen LogP) is 5.42. The Morgan fingerprint density at radius 2 is 2.00 bits per heavy atom. The Bertz CT molecular complexity index is 987. The van der Waals surface area contributed by atoms with Crippen molar-refractivity contribution in [3.8, 4) is 11.3 Å². The minimum atomic E-state index is -0.861. The molecule has 1 fully saturated rings. The molecule has 152 valence electrons. The number of thioether (sulfide) groups is 1. The second-order valence-electron chi connectivity index (χ2n) is 6.37. The molecule has 2 heterocycles. The van der Waals surface area contributed by atoms with Crippen molar-refractivity contribution in [2.75, 3.05) is 6.54 Å². The number of carboxylic acid groups (broad SMARTS) is 1. The van der Waals surface area contributed by atoms with Gasteiger partial charge in [-0.05, 0) is 54.9 Å². The highest BCUT2D eigenvalue weighted by Crippen LogP contribution is 2.34. The Balaban J connectivity index is 1.64. The first kappa shape index (κ1) is 21.1. The molecule has 6 nitrogen and oxygen atoms in total. The maximum Gasteiger partial charge on any atom is 0.303 e. The molecule has 0 atom stereocenters. The molecule has 29 heavy (non-hydrogen) atoms. The number of amides is 2. The lowest BCUT2D eigenvalue weighted by molar-refractivity contribution is -0.137. The molecule has 0 unspecified atom stereocenters. The molecule has 0 aliphatic carbocycles. The quantitative estimate of drug-likeness (QED) is 0.438. The Kier molecular flexibility index (Phi) is 6.76. The minimum absolute atomic E-state index is 0.0232. The molecular weight excluding hydrogens is 421 g/mol. The van der Waals surface area contributed by atoms with Gasteiger partial charge in [0.05, 0.1) is 9.93 Å². The van der Waals surface area contributed by atoms with Crippen LogP contribution in [0.4, 0.5) is 9.18 Å². The molecule has 1 aliphatic heterocycles. The van der Waals surface area contributed by atoms with Crippen LogP contribution in [0, 0.1) is 5.82 Å². The third-order valence-electron chi connectivity index (χ3n) is 4.25. The number of nitrogens with zero attached hydrogens (tertiary/aromatic N) is 1. The average molecular weight is 438 g/mol. The van der Waals surface area contributed by atoms with Crippen molar-refractivity contribution in [3.05, 3.63) is 51.8 Å². The lowest BCUT2D eigenvalue weighted by Crippen LogP contribution is -2.29. The zero-order valence-electron chi connectivity index (χ0n) is 15.2. The van der Waals surface area contributed by atoms with E-state index in [0.29, 0.717) is 36.3 Å². The van der Waals surface area contributed by atoms with E-state index in [1.54, 1.807) is 12.1 Å². The highest BCUT2D eigenvalue weighted by molar-refractivity contribution is 8.18. The van der Waals surface area contributed by atoms with Gasteiger partial charge in [-0.3, -0.25) is 19.3 Å². The highest BCUT2D eigenvalue weighted by atomic mass is 35.5. The average Bonchev–Trinajstić information content (AvgIpc) is 3.23. The second-order valence-corrected chi connectivity index (χ2v) is 7.77. The molecule has 1 aromatic heterocycles. The summed E-state index contributed by atoms with van der Waals surface area (Å²) in [6.45, 7) is 0.249. The molecule has 0 bridgehead atoms. The maximum atomic E-state index is 13.3. The number of hydrogen-bond acceptors (Lipinski definition) is 5. The van der Waals surface area contributed by atoms with Gasteiger partial charge in [-0.25, -0.2) is 4.39 Å². The van der Waals surface area contributed by atoms with Crippen LogP contribution in [0.2, 0.25) is 5.02 Å². The Labute approximate surface area is 175 Å². The van der Waals surface area contributed by atoms with E-state index in [0.717, 1.165) is 16.7 Å². The van der Waals surface area contributed by atoms with Crippen molar-refractivity contribution in [2.45, 2.75) is 25.7 Å². The van der Waals surface area contributed by atoms with Crippen molar-refractivity contribution < 1.29 is 28.3 Å². The van der Waals surface area contributed by atoms with Crippen LogP contribution in [0.25, 0.3) is 17.4 Å². The fraction of sp³-hybridized carbons (Fsp3) is 0.250. The number of hydrogen-bond donors (Lipinski definition) is 1. The number of unbranched alkanes of at least 4 members (excludes halogenated alkanes) is 2. The first-order valence-electron chi connectivity index (χ1n) is 8.87. The number of rotatable bonds is 8. The number of halogens is 2. The van der Waals surface area contributed by atoms with Gasteiger partial charge in [0.15, 0.2) is 0 Å². The molecule has 0 spiro atoms. The van der Waals surface area contributed by atoms with E-state index >= 15 is 0 Å². The van der Waals surface area contributed by atoms with E-state index in [2.05, 4.69) is 0 Å². The van der Waals surface area contributed by atoms with Crippen LogP contribution in [0.3, 0.4) is 0 Å². The molecule has 2 aromatic rings. The SMILES string of the molecule is O=C(O)CCCCCN1C(=O)S/C(=C\c2ccc(-c3ccc(F)c(Cl)c3)o2)C1=O. The van der Waals surface area contributed by atoms with E-state index in [-0.39, 0.29) is 28.1 Å². The molecule has 3 rings (SSSR count). The van der Waals surface area contributed by atoms with E-state index < -0.39 is 17.7 Å². The molecular formula is C20H17ClFNO5S. The lowest BCUT2D eigenvalue weighted by atomic mass is 10.2. The van der Waals surface area contributed by atoms with Crippen molar-refractivity contribution in [3.63, 3.8) is 0 Å². The van der Waals surface area contributed by atoms with Gasteiger partial charge in [-0.1, -0.05) is 18.0 Å². The van der Waals surface area contributed by atoms with Crippen molar-refractivity contribution in [2.24, 2.45) is 0 Å².